The van der Waals surface area contributed by atoms with Gasteiger partial charge in [0.15, 0.2) is 6.10 Å². The third-order valence-corrected chi connectivity index (χ3v) is 7.59. The zero-order valence-electron chi connectivity index (χ0n) is 18.7. The molecule has 2 aromatic rings. The van der Waals surface area contributed by atoms with Gasteiger partial charge in [-0.3, -0.25) is 4.79 Å². The van der Waals surface area contributed by atoms with E-state index < -0.39 is 28.0 Å². The first-order chi connectivity index (χ1) is 15.2. The molecule has 1 aliphatic rings. The molecule has 0 saturated carbocycles. The number of benzene rings is 2. The molecule has 0 bridgehead atoms. The smallest absolute Gasteiger partial charge is 0.339 e. The molecule has 8 heteroatoms. The molecule has 0 aliphatic carbocycles. The van der Waals surface area contributed by atoms with Gasteiger partial charge in [-0.05, 0) is 56.9 Å². The van der Waals surface area contributed by atoms with Gasteiger partial charge in [-0.2, -0.15) is 4.31 Å². The van der Waals surface area contributed by atoms with Gasteiger partial charge in [0.1, 0.15) is 0 Å². The highest BCUT2D eigenvalue weighted by Gasteiger charge is 2.28. The highest BCUT2D eigenvalue weighted by Crippen LogP contribution is 2.23. The lowest BCUT2D eigenvalue weighted by Crippen LogP contribution is -2.37. The van der Waals surface area contributed by atoms with Gasteiger partial charge in [-0.25, -0.2) is 13.2 Å². The van der Waals surface area contributed by atoms with E-state index in [-0.39, 0.29) is 16.5 Å². The van der Waals surface area contributed by atoms with Crippen LogP contribution < -0.4 is 5.32 Å². The summed E-state index contributed by atoms with van der Waals surface area (Å²) in [4.78, 5) is 25.4. The Kier molecular flexibility index (Phi) is 7.69. The van der Waals surface area contributed by atoms with E-state index in [1.165, 1.54) is 23.4 Å². The van der Waals surface area contributed by atoms with Crippen LogP contribution in [0.4, 0.5) is 0 Å². The number of sulfonamides is 1. The van der Waals surface area contributed by atoms with Crippen LogP contribution in [0.2, 0.25) is 0 Å². The third kappa shape index (κ3) is 5.55. The summed E-state index contributed by atoms with van der Waals surface area (Å²) in [7, 11) is -3.68. The fraction of sp³-hybridized carbons (Fsp3) is 0.417. The lowest BCUT2D eigenvalue weighted by atomic mass is 10.1. The summed E-state index contributed by atoms with van der Waals surface area (Å²) in [5.41, 5.74) is 1.66. The maximum absolute atomic E-state index is 13.0. The number of hydrogen-bond acceptors (Lipinski definition) is 5. The average molecular weight is 459 g/mol. The minimum atomic E-state index is -3.68. The Balaban J connectivity index is 1.70. The number of hydrogen-bond donors (Lipinski definition) is 1. The summed E-state index contributed by atoms with van der Waals surface area (Å²) < 4.78 is 32.8. The zero-order chi connectivity index (χ0) is 23.3. The molecule has 1 aliphatic heterocycles. The molecule has 0 spiro atoms. The minimum Gasteiger partial charge on any atom is -0.449 e. The van der Waals surface area contributed by atoms with Crippen molar-refractivity contribution in [3.8, 4) is 0 Å². The van der Waals surface area contributed by atoms with Crippen LogP contribution in [0.1, 0.15) is 60.6 Å². The second kappa shape index (κ2) is 10.3. The number of carbonyl (C=O) groups is 2. The third-order valence-electron chi connectivity index (χ3n) is 5.69. The molecule has 1 saturated heterocycles. The van der Waals surface area contributed by atoms with Crippen LogP contribution >= 0.6 is 0 Å². The Hall–Kier alpha value is -2.71. The van der Waals surface area contributed by atoms with Crippen LogP contribution in [0.25, 0.3) is 0 Å². The molecule has 2 atom stereocenters. The van der Waals surface area contributed by atoms with E-state index in [9.17, 15) is 18.0 Å². The molecular formula is C24H30N2O5S. The number of ether oxygens (including phenoxy) is 1. The first-order valence-electron chi connectivity index (χ1n) is 10.9. The Labute approximate surface area is 189 Å². The molecule has 172 valence electrons. The van der Waals surface area contributed by atoms with Crippen molar-refractivity contribution in [1.82, 2.24) is 9.62 Å². The fourth-order valence-corrected chi connectivity index (χ4v) is 5.21. The standard InChI is InChI=1S/C24H30N2O5S/c1-17-12-13-21(32(29,30)26-14-8-5-9-15-26)16-22(17)24(28)31-19(3)23(27)25-18(2)20-10-6-4-7-11-20/h4,6-7,10-13,16,18-19H,5,8-9,14-15H2,1-3H3,(H,25,27). The van der Waals surface area contributed by atoms with Gasteiger partial charge in [-0.15, -0.1) is 0 Å². The van der Waals surface area contributed by atoms with Crippen molar-refractivity contribution in [3.63, 3.8) is 0 Å². The second-order valence-corrected chi connectivity index (χ2v) is 10.1. The van der Waals surface area contributed by atoms with Crippen LogP contribution in [0.15, 0.2) is 53.4 Å². The molecule has 1 N–H and O–H groups in total. The van der Waals surface area contributed by atoms with Crippen LogP contribution in [-0.4, -0.2) is 43.8 Å². The van der Waals surface area contributed by atoms with Gasteiger partial charge in [0, 0.05) is 13.1 Å². The molecule has 2 aromatic carbocycles. The van der Waals surface area contributed by atoms with Gasteiger partial charge in [0.25, 0.3) is 5.91 Å². The van der Waals surface area contributed by atoms with E-state index in [0.717, 1.165) is 24.8 Å². The first kappa shape index (κ1) is 23.9. The Morgan fingerprint density at radius 2 is 1.66 bits per heavy atom. The summed E-state index contributed by atoms with van der Waals surface area (Å²) in [6.07, 6.45) is 1.64. The monoisotopic (exact) mass is 458 g/mol. The van der Waals surface area contributed by atoms with Crippen molar-refractivity contribution >= 4 is 21.9 Å². The van der Waals surface area contributed by atoms with E-state index in [1.807, 2.05) is 37.3 Å². The second-order valence-electron chi connectivity index (χ2n) is 8.13. The number of nitrogens with zero attached hydrogens (tertiary/aromatic N) is 1. The highest BCUT2D eigenvalue weighted by atomic mass is 32.2. The van der Waals surface area contributed by atoms with Gasteiger partial charge in [-0.1, -0.05) is 42.8 Å². The minimum absolute atomic E-state index is 0.0618. The summed E-state index contributed by atoms with van der Waals surface area (Å²) in [6, 6.07) is 13.7. The molecular weight excluding hydrogens is 428 g/mol. The lowest BCUT2D eigenvalue weighted by Gasteiger charge is -2.26. The van der Waals surface area contributed by atoms with Crippen molar-refractivity contribution in [2.24, 2.45) is 0 Å². The number of carbonyl (C=O) groups excluding carboxylic acids is 2. The SMILES string of the molecule is Cc1ccc(S(=O)(=O)N2CCCCC2)cc1C(=O)OC(C)C(=O)NC(C)c1ccccc1. The maximum atomic E-state index is 13.0. The normalized spacial score (nSPS) is 16.7. The number of aryl methyl sites for hydroxylation is 1. The van der Waals surface area contributed by atoms with Crippen LogP contribution in [0.3, 0.4) is 0 Å². The average Bonchev–Trinajstić information content (AvgIpc) is 2.80. The van der Waals surface area contributed by atoms with Crippen molar-refractivity contribution in [2.75, 3.05) is 13.1 Å². The molecule has 0 radical (unpaired) electrons. The van der Waals surface area contributed by atoms with E-state index >= 15 is 0 Å². The quantitative estimate of drug-likeness (QED) is 0.640. The van der Waals surface area contributed by atoms with E-state index in [4.69, 9.17) is 4.74 Å². The first-order valence-corrected chi connectivity index (χ1v) is 12.3. The topological polar surface area (TPSA) is 92.8 Å². The molecule has 1 amide bonds. The number of amides is 1. The molecule has 2 unspecified atom stereocenters. The molecule has 32 heavy (non-hydrogen) atoms. The summed E-state index contributed by atoms with van der Waals surface area (Å²) >= 11 is 0. The van der Waals surface area contributed by atoms with Gasteiger partial charge in [0.05, 0.1) is 16.5 Å². The van der Waals surface area contributed by atoms with Crippen LogP contribution in [-0.2, 0) is 19.6 Å². The summed E-state index contributed by atoms with van der Waals surface area (Å²) in [6.45, 7) is 6.01. The van der Waals surface area contributed by atoms with Crippen LogP contribution in [0, 0.1) is 6.92 Å². The number of nitrogens with one attached hydrogen (secondary N) is 1. The van der Waals surface area contributed by atoms with Crippen molar-refractivity contribution in [2.45, 2.75) is 57.1 Å². The summed E-state index contributed by atoms with van der Waals surface area (Å²) in [5.74, 6) is -1.15. The largest absolute Gasteiger partial charge is 0.449 e. The van der Waals surface area contributed by atoms with E-state index in [0.29, 0.717) is 18.7 Å². The predicted octanol–water partition coefficient (Wildman–Crippen LogP) is 3.59. The number of piperidine rings is 1. The van der Waals surface area contributed by atoms with Gasteiger partial charge in [0.2, 0.25) is 10.0 Å². The van der Waals surface area contributed by atoms with Gasteiger partial charge < -0.3 is 10.1 Å². The van der Waals surface area contributed by atoms with E-state index in [1.54, 1.807) is 13.0 Å². The van der Waals surface area contributed by atoms with Crippen molar-refractivity contribution < 1.29 is 22.7 Å². The molecule has 1 heterocycles. The summed E-state index contributed by atoms with van der Waals surface area (Å²) in [5, 5.41) is 2.83. The number of rotatable bonds is 7. The Morgan fingerprint density at radius 1 is 1.00 bits per heavy atom. The fourth-order valence-electron chi connectivity index (χ4n) is 3.67. The predicted molar refractivity (Wildman–Crippen MR) is 122 cm³/mol. The van der Waals surface area contributed by atoms with Crippen molar-refractivity contribution in [3.05, 3.63) is 65.2 Å². The highest BCUT2D eigenvalue weighted by molar-refractivity contribution is 7.89. The molecule has 7 nitrogen and oxygen atoms in total. The molecule has 1 fully saturated rings. The number of esters is 1. The van der Waals surface area contributed by atoms with Crippen LogP contribution in [0.5, 0.6) is 0 Å². The van der Waals surface area contributed by atoms with Gasteiger partial charge >= 0.3 is 5.97 Å². The Morgan fingerprint density at radius 3 is 2.31 bits per heavy atom. The zero-order valence-corrected chi connectivity index (χ0v) is 19.5. The Bertz CT molecular complexity index is 1060. The van der Waals surface area contributed by atoms with Crippen molar-refractivity contribution in [1.29, 1.82) is 0 Å². The van der Waals surface area contributed by atoms with E-state index in [2.05, 4.69) is 5.32 Å². The maximum Gasteiger partial charge on any atom is 0.339 e. The molecule has 3 rings (SSSR count). The molecule has 0 aromatic heterocycles. The lowest BCUT2D eigenvalue weighted by molar-refractivity contribution is -0.129.